The Bertz CT molecular complexity index is 236. The van der Waals surface area contributed by atoms with Crippen LogP contribution in [0.1, 0.15) is 33.1 Å². The van der Waals surface area contributed by atoms with Gasteiger partial charge in [0, 0.05) is 13.0 Å². The summed E-state index contributed by atoms with van der Waals surface area (Å²) in [7, 11) is 0. The summed E-state index contributed by atoms with van der Waals surface area (Å²) in [5, 5.41) is 0. The highest BCUT2D eigenvalue weighted by molar-refractivity contribution is 5.88. The van der Waals surface area contributed by atoms with Crippen molar-refractivity contribution in [2.45, 2.75) is 45.2 Å². The van der Waals surface area contributed by atoms with Gasteiger partial charge in [-0.1, -0.05) is 0 Å². The molecule has 2 fully saturated rings. The topological polar surface area (TPSA) is 37.4 Å². The van der Waals surface area contributed by atoms with Gasteiger partial charge in [-0.05, 0) is 32.1 Å². The highest BCUT2D eigenvalue weighted by Crippen LogP contribution is 2.42. The molecule has 0 aromatic heterocycles. The number of hydrogen-bond donors (Lipinski definition) is 0. The first kappa shape index (κ1) is 8.73. The van der Waals surface area contributed by atoms with Crippen molar-refractivity contribution in [3.05, 3.63) is 0 Å². The average molecular weight is 181 g/mol. The molecule has 0 aromatic rings. The zero-order valence-electron chi connectivity index (χ0n) is 8.12. The molecule has 2 rings (SSSR count). The van der Waals surface area contributed by atoms with E-state index in [1.807, 2.05) is 0 Å². The van der Waals surface area contributed by atoms with Crippen LogP contribution in [-0.2, 0) is 9.59 Å². The predicted molar refractivity (Wildman–Crippen MR) is 48.1 cm³/mol. The standard InChI is InChI=1S/C10H15NO2/c1-6(12)10-8-3-4-9(5-8)11(10)7(2)13/h8-10H,3-5H2,1-2H3/t8?,9?,10-/m1/s1. The molecule has 1 saturated heterocycles. The Hall–Kier alpha value is -0.860. The van der Waals surface area contributed by atoms with E-state index >= 15 is 0 Å². The summed E-state index contributed by atoms with van der Waals surface area (Å²) in [5.41, 5.74) is 0. The summed E-state index contributed by atoms with van der Waals surface area (Å²) in [5.74, 6) is 0.668. The number of carbonyl (C=O) groups is 2. The molecule has 2 aliphatic rings. The molecule has 3 atom stereocenters. The molecular weight excluding hydrogens is 166 g/mol. The average Bonchev–Trinajstić information content (AvgIpc) is 2.60. The maximum absolute atomic E-state index is 11.4. The Balaban J connectivity index is 2.24. The van der Waals surface area contributed by atoms with E-state index < -0.39 is 0 Å². The lowest BCUT2D eigenvalue weighted by atomic mass is 9.96. The van der Waals surface area contributed by atoms with Crippen molar-refractivity contribution in [1.82, 2.24) is 4.90 Å². The Morgan fingerprint density at radius 1 is 1.23 bits per heavy atom. The van der Waals surface area contributed by atoms with Gasteiger partial charge in [-0.2, -0.15) is 0 Å². The van der Waals surface area contributed by atoms with Crippen LogP contribution in [0.5, 0.6) is 0 Å². The zero-order valence-corrected chi connectivity index (χ0v) is 8.12. The van der Waals surface area contributed by atoms with Gasteiger partial charge in [0.25, 0.3) is 0 Å². The minimum absolute atomic E-state index is 0.0624. The van der Waals surface area contributed by atoms with E-state index in [1.165, 1.54) is 0 Å². The van der Waals surface area contributed by atoms with Crippen LogP contribution in [0, 0.1) is 5.92 Å². The molecule has 1 aliphatic carbocycles. The first-order valence-corrected chi connectivity index (χ1v) is 4.90. The van der Waals surface area contributed by atoms with E-state index in [1.54, 1.807) is 18.7 Å². The second-order valence-corrected chi connectivity index (χ2v) is 4.21. The summed E-state index contributed by atoms with van der Waals surface area (Å²) in [4.78, 5) is 24.5. The van der Waals surface area contributed by atoms with E-state index in [-0.39, 0.29) is 17.7 Å². The SMILES string of the molecule is CC(=O)[C@@H]1C2CCC(C2)N1C(C)=O. The third-order valence-corrected chi connectivity index (χ3v) is 3.37. The van der Waals surface area contributed by atoms with Gasteiger partial charge in [-0.3, -0.25) is 9.59 Å². The summed E-state index contributed by atoms with van der Waals surface area (Å²) in [6.07, 6.45) is 3.26. The number of Topliss-reactive ketones (excluding diaryl/α,β-unsaturated/α-hetero) is 1. The summed E-state index contributed by atoms with van der Waals surface area (Å²) < 4.78 is 0. The third kappa shape index (κ3) is 1.18. The number of nitrogens with zero attached hydrogens (tertiary/aromatic N) is 1. The van der Waals surface area contributed by atoms with Gasteiger partial charge in [-0.25, -0.2) is 0 Å². The molecule has 3 heteroatoms. The van der Waals surface area contributed by atoms with E-state index in [4.69, 9.17) is 0 Å². The number of carbonyl (C=O) groups excluding carboxylic acids is 2. The fourth-order valence-electron chi connectivity index (χ4n) is 2.97. The molecule has 1 amide bonds. The second kappa shape index (κ2) is 2.82. The van der Waals surface area contributed by atoms with Gasteiger partial charge in [0.2, 0.25) is 5.91 Å². The Labute approximate surface area is 78.1 Å². The molecule has 2 unspecified atom stereocenters. The molecule has 72 valence electrons. The lowest BCUT2D eigenvalue weighted by Crippen LogP contribution is -2.47. The normalized spacial score (nSPS) is 36.8. The summed E-state index contributed by atoms with van der Waals surface area (Å²) in [6.45, 7) is 3.16. The number of piperidine rings is 1. The monoisotopic (exact) mass is 181 g/mol. The Morgan fingerprint density at radius 3 is 2.38 bits per heavy atom. The predicted octanol–water partition coefficient (Wildman–Crippen LogP) is 0.975. The van der Waals surface area contributed by atoms with Crippen LogP contribution in [0.2, 0.25) is 0 Å². The number of rotatable bonds is 1. The number of ketones is 1. The highest BCUT2D eigenvalue weighted by Gasteiger charge is 2.48. The van der Waals surface area contributed by atoms with Crippen molar-refractivity contribution >= 4 is 11.7 Å². The molecule has 13 heavy (non-hydrogen) atoms. The lowest BCUT2D eigenvalue weighted by Gasteiger charge is -2.32. The third-order valence-electron chi connectivity index (χ3n) is 3.37. The van der Waals surface area contributed by atoms with E-state index in [0.717, 1.165) is 19.3 Å². The molecule has 1 heterocycles. The molecule has 1 saturated carbocycles. The maximum Gasteiger partial charge on any atom is 0.220 e. The molecular formula is C10H15NO2. The van der Waals surface area contributed by atoms with Gasteiger partial charge in [0.15, 0.2) is 5.78 Å². The smallest absolute Gasteiger partial charge is 0.220 e. The molecule has 2 bridgehead atoms. The van der Waals surface area contributed by atoms with Crippen LogP contribution in [0.15, 0.2) is 0 Å². The van der Waals surface area contributed by atoms with Crippen molar-refractivity contribution in [2.75, 3.05) is 0 Å². The van der Waals surface area contributed by atoms with Crippen LogP contribution in [0.25, 0.3) is 0 Å². The van der Waals surface area contributed by atoms with Crippen molar-refractivity contribution < 1.29 is 9.59 Å². The summed E-state index contributed by atoms with van der Waals surface area (Å²) >= 11 is 0. The number of fused-ring (bicyclic) bond motifs is 2. The fraction of sp³-hybridized carbons (Fsp3) is 0.800. The Kier molecular flexibility index (Phi) is 1.90. The molecule has 3 nitrogen and oxygen atoms in total. The molecule has 0 radical (unpaired) electrons. The van der Waals surface area contributed by atoms with E-state index in [9.17, 15) is 9.59 Å². The second-order valence-electron chi connectivity index (χ2n) is 4.21. The highest BCUT2D eigenvalue weighted by atomic mass is 16.2. The quantitative estimate of drug-likeness (QED) is 0.604. The Morgan fingerprint density at radius 2 is 1.92 bits per heavy atom. The summed E-state index contributed by atoms with van der Waals surface area (Å²) in [6, 6.07) is 0.257. The molecule has 0 spiro atoms. The van der Waals surface area contributed by atoms with Crippen LogP contribution < -0.4 is 0 Å². The van der Waals surface area contributed by atoms with Crippen LogP contribution >= 0.6 is 0 Å². The van der Waals surface area contributed by atoms with Gasteiger partial charge in [-0.15, -0.1) is 0 Å². The number of hydrogen-bond acceptors (Lipinski definition) is 2. The largest absolute Gasteiger partial charge is 0.330 e. The van der Waals surface area contributed by atoms with Crippen molar-refractivity contribution in [3.8, 4) is 0 Å². The number of likely N-dealkylation sites (tertiary alicyclic amines) is 1. The fourth-order valence-corrected chi connectivity index (χ4v) is 2.97. The van der Waals surface area contributed by atoms with Gasteiger partial charge in [0.05, 0.1) is 6.04 Å². The minimum Gasteiger partial charge on any atom is -0.330 e. The van der Waals surface area contributed by atoms with Crippen LogP contribution in [0.4, 0.5) is 0 Å². The first-order valence-electron chi connectivity index (χ1n) is 4.90. The minimum atomic E-state index is -0.101. The molecule has 0 N–H and O–H groups in total. The van der Waals surface area contributed by atoms with Gasteiger partial charge in [0.1, 0.15) is 0 Å². The van der Waals surface area contributed by atoms with Gasteiger partial charge < -0.3 is 4.90 Å². The van der Waals surface area contributed by atoms with Crippen LogP contribution in [-0.4, -0.2) is 28.7 Å². The number of amides is 1. The lowest BCUT2D eigenvalue weighted by molar-refractivity contribution is -0.139. The van der Waals surface area contributed by atoms with Crippen LogP contribution in [0.3, 0.4) is 0 Å². The van der Waals surface area contributed by atoms with E-state index in [0.29, 0.717) is 12.0 Å². The zero-order chi connectivity index (χ0) is 9.59. The molecule has 0 aromatic carbocycles. The van der Waals surface area contributed by atoms with Crippen molar-refractivity contribution in [2.24, 2.45) is 5.92 Å². The van der Waals surface area contributed by atoms with Crippen molar-refractivity contribution in [3.63, 3.8) is 0 Å². The maximum atomic E-state index is 11.4. The first-order chi connectivity index (χ1) is 6.11. The van der Waals surface area contributed by atoms with Gasteiger partial charge >= 0.3 is 0 Å². The van der Waals surface area contributed by atoms with Crippen molar-refractivity contribution in [1.29, 1.82) is 0 Å². The van der Waals surface area contributed by atoms with E-state index in [2.05, 4.69) is 0 Å². The molecule has 1 aliphatic heterocycles.